The average Bonchev–Trinajstić information content (AvgIpc) is 1.84. The van der Waals surface area contributed by atoms with Crippen LogP contribution < -0.4 is 5.32 Å². The fraction of sp³-hybridized carbons (Fsp3) is 0.714. The van der Waals surface area contributed by atoms with Crippen LogP contribution in [0.2, 0.25) is 0 Å². The first-order valence-corrected chi connectivity index (χ1v) is 3.58. The lowest BCUT2D eigenvalue weighted by Crippen LogP contribution is -2.44. The molecule has 0 aromatic heterocycles. The highest BCUT2D eigenvalue weighted by molar-refractivity contribution is 5.76. The zero-order valence-electron chi connectivity index (χ0n) is 7.50. The smallest absolute Gasteiger partial charge is 0.322 e. The second-order valence-corrected chi connectivity index (χ2v) is 2.75. The Morgan fingerprint density at radius 1 is 1.50 bits per heavy atom. The molecule has 0 heterocycles. The number of carboxylic acids is 1. The zero-order chi connectivity index (χ0) is 9.72. The van der Waals surface area contributed by atoms with Crippen molar-refractivity contribution >= 4 is 11.9 Å². The summed E-state index contributed by atoms with van der Waals surface area (Å²) in [6, 6.07) is -0.658. The quantitative estimate of drug-likeness (QED) is 0.581. The van der Waals surface area contributed by atoms with Crippen LogP contribution >= 0.6 is 0 Å². The molecular weight excluding hydrogens is 160 g/mol. The highest BCUT2D eigenvalue weighted by atomic mass is 16.4. The van der Waals surface area contributed by atoms with E-state index >= 15 is 0 Å². The number of carbonyl (C=O) groups excluding carboxylic acids is 1. The van der Waals surface area contributed by atoms with E-state index in [1.807, 2.05) is 0 Å². The van der Waals surface area contributed by atoms with E-state index in [9.17, 15) is 9.59 Å². The molecule has 0 aromatic carbocycles. The molecule has 0 aliphatic heterocycles. The normalized spacial score (nSPS) is 12.7. The van der Waals surface area contributed by atoms with Gasteiger partial charge in [0.15, 0.2) is 0 Å². The van der Waals surface area contributed by atoms with Crippen LogP contribution in [0.15, 0.2) is 0 Å². The summed E-state index contributed by atoms with van der Waals surface area (Å²) in [5, 5.41) is 11.1. The van der Waals surface area contributed by atoms with Gasteiger partial charge in [0.25, 0.3) is 0 Å². The summed E-state index contributed by atoms with van der Waals surface area (Å²) in [6.07, 6.45) is 0. The fourth-order valence-electron chi connectivity index (χ4n) is 0.731. The summed E-state index contributed by atoms with van der Waals surface area (Å²) < 4.78 is 0. The molecule has 0 spiro atoms. The summed E-state index contributed by atoms with van der Waals surface area (Å²) in [5.41, 5.74) is 0. The lowest BCUT2D eigenvalue weighted by atomic mass is 10.3. The fourth-order valence-corrected chi connectivity index (χ4v) is 0.731. The maximum atomic E-state index is 10.6. The molecule has 0 saturated carbocycles. The number of hydrogen-bond donors (Lipinski definition) is 2. The minimum Gasteiger partial charge on any atom is -0.480 e. The third-order valence-electron chi connectivity index (χ3n) is 1.45. The van der Waals surface area contributed by atoms with Gasteiger partial charge in [-0.2, -0.15) is 0 Å². The Kier molecular flexibility index (Phi) is 4.28. The van der Waals surface area contributed by atoms with Gasteiger partial charge in [0.1, 0.15) is 6.04 Å². The van der Waals surface area contributed by atoms with E-state index in [1.54, 1.807) is 14.1 Å². The van der Waals surface area contributed by atoms with Crippen LogP contribution in [0.25, 0.3) is 0 Å². The van der Waals surface area contributed by atoms with Crippen molar-refractivity contribution < 1.29 is 14.7 Å². The third kappa shape index (κ3) is 3.92. The molecule has 12 heavy (non-hydrogen) atoms. The van der Waals surface area contributed by atoms with Crippen molar-refractivity contribution in [2.24, 2.45) is 0 Å². The molecule has 0 saturated heterocycles. The molecule has 0 aliphatic carbocycles. The molecule has 1 amide bonds. The summed E-state index contributed by atoms with van der Waals surface area (Å²) in [4.78, 5) is 22.6. The molecule has 1 atom stereocenters. The largest absolute Gasteiger partial charge is 0.480 e. The van der Waals surface area contributed by atoms with Crippen molar-refractivity contribution in [1.29, 1.82) is 0 Å². The predicted octanol–water partition coefficient (Wildman–Crippen LogP) is -0.863. The van der Waals surface area contributed by atoms with Crippen molar-refractivity contribution in [3.8, 4) is 0 Å². The average molecular weight is 174 g/mol. The molecular formula is C7H14N2O3. The number of hydrogen-bond acceptors (Lipinski definition) is 3. The number of nitrogens with one attached hydrogen (secondary N) is 1. The number of carbonyl (C=O) groups is 2. The molecule has 5 heteroatoms. The third-order valence-corrected chi connectivity index (χ3v) is 1.45. The van der Waals surface area contributed by atoms with E-state index in [1.165, 1.54) is 11.8 Å². The Morgan fingerprint density at radius 3 is 2.25 bits per heavy atom. The molecule has 0 aliphatic rings. The Hall–Kier alpha value is -1.10. The zero-order valence-corrected chi connectivity index (χ0v) is 7.50. The molecule has 2 N–H and O–H groups in total. The van der Waals surface area contributed by atoms with Crippen molar-refractivity contribution in [2.45, 2.75) is 13.0 Å². The van der Waals surface area contributed by atoms with E-state index in [4.69, 9.17) is 5.11 Å². The molecule has 0 radical (unpaired) electrons. The van der Waals surface area contributed by atoms with Crippen LogP contribution in [-0.2, 0) is 9.59 Å². The topological polar surface area (TPSA) is 69.6 Å². The van der Waals surface area contributed by atoms with Gasteiger partial charge in [-0.3, -0.25) is 14.5 Å². The second kappa shape index (κ2) is 4.71. The molecule has 0 aromatic rings. The van der Waals surface area contributed by atoms with E-state index in [0.717, 1.165) is 0 Å². The number of likely N-dealkylation sites (N-methyl/N-ethyl adjacent to an activating group) is 1. The van der Waals surface area contributed by atoms with Gasteiger partial charge >= 0.3 is 5.97 Å². The summed E-state index contributed by atoms with van der Waals surface area (Å²) in [7, 11) is 3.31. The Labute approximate surface area is 71.4 Å². The van der Waals surface area contributed by atoms with Gasteiger partial charge in [-0.1, -0.05) is 0 Å². The van der Waals surface area contributed by atoms with Crippen molar-refractivity contribution in [2.75, 3.05) is 20.6 Å². The van der Waals surface area contributed by atoms with E-state index in [-0.39, 0.29) is 12.5 Å². The minimum atomic E-state index is -0.936. The van der Waals surface area contributed by atoms with Crippen LogP contribution in [0.1, 0.15) is 6.92 Å². The van der Waals surface area contributed by atoms with Crippen LogP contribution in [0.4, 0.5) is 0 Å². The summed E-state index contributed by atoms with van der Waals surface area (Å²) in [5.74, 6) is -1.16. The van der Waals surface area contributed by atoms with Gasteiger partial charge in [0, 0.05) is 13.5 Å². The molecule has 0 bridgehead atoms. The van der Waals surface area contributed by atoms with E-state index in [0.29, 0.717) is 0 Å². The van der Waals surface area contributed by atoms with Crippen molar-refractivity contribution in [1.82, 2.24) is 10.2 Å². The Bertz CT molecular complexity index is 179. The van der Waals surface area contributed by atoms with Gasteiger partial charge < -0.3 is 10.4 Å². The number of rotatable bonds is 4. The lowest BCUT2D eigenvalue weighted by Gasteiger charge is -2.19. The summed E-state index contributed by atoms with van der Waals surface area (Å²) >= 11 is 0. The standard InChI is InChI=1S/C7H14N2O3/c1-5(10)8-4-6(7(11)12)9(2)3/h6H,4H2,1-3H3,(H,8,10)(H,11,12)/t6-/m0/s1. The molecule has 0 fully saturated rings. The lowest BCUT2D eigenvalue weighted by molar-refractivity contribution is -0.142. The Morgan fingerprint density at radius 2 is 2.00 bits per heavy atom. The van der Waals surface area contributed by atoms with Crippen molar-refractivity contribution in [3.05, 3.63) is 0 Å². The number of aliphatic carboxylic acids is 1. The molecule has 0 rings (SSSR count). The van der Waals surface area contributed by atoms with Crippen LogP contribution in [-0.4, -0.2) is 48.6 Å². The van der Waals surface area contributed by atoms with Crippen LogP contribution in [0.5, 0.6) is 0 Å². The first-order valence-electron chi connectivity index (χ1n) is 3.58. The maximum absolute atomic E-state index is 10.6. The van der Waals surface area contributed by atoms with Crippen LogP contribution in [0, 0.1) is 0 Å². The van der Waals surface area contributed by atoms with Gasteiger partial charge in [0.2, 0.25) is 5.91 Å². The van der Waals surface area contributed by atoms with Gasteiger partial charge in [-0.15, -0.1) is 0 Å². The predicted molar refractivity (Wildman–Crippen MR) is 43.8 cm³/mol. The van der Waals surface area contributed by atoms with Crippen LogP contribution in [0.3, 0.4) is 0 Å². The van der Waals surface area contributed by atoms with Gasteiger partial charge in [0.05, 0.1) is 0 Å². The second-order valence-electron chi connectivity index (χ2n) is 2.75. The highest BCUT2D eigenvalue weighted by Crippen LogP contribution is 1.90. The molecule has 0 unspecified atom stereocenters. The van der Waals surface area contributed by atoms with Gasteiger partial charge in [-0.25, -0.2) is 0 Å². The Balaban J connectivity index is 3.97. The summed E-state index contributed by atoms with van der Waals surface area (Å²) in [6.45, 7) is 1.49. The first kappa shape index (κ1) is 10.9. The minimum absolute atomic E-state index is 0.137. The highest BCUT2D eigenvalue weighted by Gasteiger charge is 2.19. The van der Waals surface area contributed by atoms with Gasteiger partial charge in [-0.05, 0) is 14.1 Å². The molecule has 70 valence electrons. The van der Waals surface area contributed by atoms with Crippen molar-refractivity contribution in [3.63, 3.8) is 0 Å². The number of carboxylic acid groups (broad SMARTS) is 1. The first-order chi connectivity index (χ1) is 5.45. The molecule has 5 nitrogen and oxygen atoms in total. The van der Waals surface area contributed by atoms with E-state index in [2.05, 4.69) is 5.32 Å². The SMILES string of the molecule is CC(=O)NC[C@@H](C(=O)O)N(C)C. The monoisotopic (exact) mass is 174 g/mol. The number of amides is 1. The van der Waals surface area contributed by atoms with E-state index < -0.39 is 12.0 Å². The maximum Gasteiger partial charge on any atom is 0.322 e. The number of nitrogens with zero attached hydrogens (tertiary/aromatic N) is 1.